The van der Waals surface area contributed by atoms with E-state index in [0.29, 0.717) is 17.3 Å². The summed E-state index contributed by atoms with van der Waals surface area (Å²) in [5.41, 5.74) is 1.75. The van der Waals surface area contributed by atoms with Crippen LogP contribution in [-0.4, -0.2) is 32.4 Å². The summed E-state index contributed by atoms with van der Waals surface area (Å²) in [5, 5.41) is 0. The maximum Gasteiger partial charge on any atom is 0.243 e. The third-order valence-electron chi connectivity index (χ3n) is 4.52. The van der Waals surface area contributed by atoms with Crippen LogP contribution in [0, 0.1) is 13.8 Å². The van der Waals surface area contributed by atoms with Crippen molar-refractivity contribution >= 4 is 10.0 Å². The maximum absolute atomic E-state index is 13.0. The summed E-state index contributed by atoms with van der Waals surface area (Å²) in [4.78, 5) is 0.370. The monoisotopic (exact) mass is 325 g/mol. The lowest BCUT2D eigenvalue weighted by Crippen LogP contribution is -2.38. The van der Waals surface area contributed by atoms with Crippen molar-refractivity contribution in [3.05, 3.63) is 23.3 Å². The standard InChI is InChI=1S/C17H27NO3S/c1-5-21-16-12-17(14(3)11-13(16)2)22(19,20)18(4)15-9-7-6-8-10-15/h11-12,15H,5-10H2,1-4H3. The van der Waals surface area contributed by atoms with Gasteiger partial charge >= 0.3 is 0 Å². The fourth-order valence-corrected chi connectivity index (χ4v) is 4.83. The number of sulfonamides is 1. The molecule has 0 unspecified atom stereocenters. The van der Waals surface area contributed by atoms with E-state index < -0.39 is 10.0 Å². The molecule has 1 fully saturated rings. The van der Waals surface area contributed by atoms with Crippen LogP contribution in [0.15, 0.2) is 17.0 Å². The smallest absolute Gasteiger partial charge is 0.243 e. The maximum atomic E-state index is 13.0. The Morgan fingerprint density at radius 1 is 1.14 bits per heavy atom. The van der Waals surface area contributed by atoms with Crippen molar-refractivity contribution in [3.63, 3.8) is 0 Å². The van der Waals surface area contributed by atoms with Gasteiger partial charge in [-0.15, -0.1) is 0 Å². The van der Waals surface area contributed by atoms with Gasteiger partial charge in [0.25, 0.3) is 0 Å². The van der Waals surface area contributed by atoms with Crippen LogP contribution in [0.1, 0.15) is 50.2 Å². The molecule has 0 atom stereocenters. The molecule has 1 aromatic carbocycles. The van der Waals surface area contributed by atoms with Crippen molar-refractivity contribution in [2.75, 3.05) is 13.7 Å². The highest BCUT2D eigenvalue weighted by molar-refractivity contribution is 7.89. The molecule has 0 bridgehead atoms. The second-order valence-corrected chi connectivity index (χ2v) is 8.10. The first-order chi connectivity index (χ1) is 10.4. The Morgan fingerprint density at radius 2 is 1.77 bits per heavy atom. The quantitative estimate of drug-likeness (QED) is 0.830. The largest absolute Gasteiger partial charge is 0.494 e. The Hall–Kier alpha value is -1.07. The predicted octanol–water partition coefficient (Wildman–Crippen LogP) is 3.66. The molecule has 0 aromatic heterocycles. The van der Waals surface area contributed by atoms with Crippen LogP contribution in [0.3, 0.4) is 0 Å². The first-order valence-electron chi connectivity index (χ1n) is 8.10. The molecule has 0 saturated heterocycles. The highest BCUT2D eigenvalue weighted by Crippen LogP contribution is 2.31. The molecule has 0 amide bonds. The summed E-state index contributed by atoms with van der Waals surface area (Å²) in [6.07, 6.45) is 5.35. The molecule has 0 heterocycles. The number of benzene rings is 1. The number of rotatable bonds is 5. The van der Waals surface area contributed by atoms with Crippen molar-refractivity contribution in [2.24, 2.45) is 0 Å². The molecule has 0 aliphatic heterocycles. The molecular formula is C17H27NO3S. The SMILES string of the molecule is CCOc1cc(S(=O)(=O)N(C)C2CCCCC2)c(C)cc1C. The molecular weight excluding hydrogens is 298 g/mol. The molecule has 0 spiro atoms. The zero-order chi connectivity index (χ0) is 16.3. The summed E-state index contributed by atoms with van der Waals surface area (Å²) >= 11 is 0. The van der Waals surface area contributed by atoms with Gasteiger partial charge in [-0.2, -0.15) is 4.31 Å². The minimum Gasteiger partial charge on any atom is -0.494 e. The summed E-state index contributed by atoms with van der Waals surface area (Å²) < 4.78 is 33.1. The normalized spacial score (nSPS) is 17.0. The van der Waals surface area contributed by atoms with Crippen molar-refractivity contribution < 1.29 is 13.2 Å². The average Bonchev–Trinajstić information content (AvgIpc) is 2.50. The van der Waals surface area contributed by atoms with Gasteiger partial charge in [-0.25, -0.2) is 8.42 Å². The molecule has 4 nitrogen and oxygen atoms in total. The van der Waals surface area contributed by atoms with Crippen LogP contribution < -0.4 is 4.74 Å². The lowest BCUT2D eigenvalue weighted by atomic mass is 9.96. The third kappa shape index (κ3) is 3.46. The Morgan fingerprint density at radius 3 is 2.36 bits per heavy atom. The lowest BCUT2D eigenvalue weighted by molar-refractivity contribution is 0.285. The summed E-state index contributed by atoms with van der Waals surface area (Å²) in [6.45, 7) is 6.23. The van der Waals surface area contributed by atoms with Gasteiger partial charge in [0.15, 0.2) is 0 Å². The van der Waals surface area contributed by atoms with E-state index in [9.17, 15) is 8.42 Å². The fourth-order valence-electron chi connectivity index (χ4n) is 3.20. The molecule has 22 heavy (non-hydrogen) atoms. The molecule has 124 valence electrons. The fraction of sp³-hybridized carbons (Fsp3) is 0.647. The van der Waals surface area contributed by atoms with Crippen LogP contribution in [0.25, 0.3) is 0 Å². The lowest BCUT2D eigenvalue weighted by Gasteiger charge is -2.31. The third-order valence-corrected chi connectivity index (χ3v) is 6.57. The number of nitrogens with zero attached hydrogens (tertiary/aromatic N) is 1. The van der Waals surface area contributed by atoms with E-state index in [4.69, 9.17) is 4.74 Å². The number of hydrogen-bond donors (Lipinski definition) is 0. The second kappa shape index (κ2) is 7.01. The van der Waals surface area contributed by atoms with Crippen LogP contribution in [-0.2, 0) is 10.0 Å². The minimum absolute atomic E-state index is 0.120. The van der Waals surface area contributed by atoms with Gasteiger partial charge in [-0.3, -0.25) is 0 Å². The Bertz CT molecular complexity index is 619. The van der Waals surface area contributed by atoms with Gasteiger partial charge in [0.1, 0.15) is 5.75 Å². The van der Waals surface area contributed by atoms with E-state index in [1.165, 1.54) is 6.42 Å². The topological polar surface area (TPSA) is 46.6 Å². The van der Waals surface area contributed by atoms with Crippen LogP contribution in [0.4, 0.5) is 0 Å². The summed E-state index contributed by atoms with van der Waals surface area (Å²) in [6, 6.07) is 3.70. The Labute approximate surface area is 134 Å². The van der Waals surface area contributed by atoms with E-state index in [2.05, 4.69) is 0 Å². The van der Waals surface area contributed by atoms with Crippen LogP contribution in [0.2, 0.25) is 0 Å². The van der Waals surface area contributed by atoms with Crippen molar-refractivity contribution in [3.8, 4) is 5.75 Å². The second-order valence-electron chi connectivity index (χ2n) is 6.13. The van der Waals surface area contributed by atoms with Gasteiger partial charge in [-0.05, 0) is 44.7 Å². The Kier molecular flexibility index (Phi) is 5.50. The summed E-state index contributed by atoms with van der Waals surface area (Å²) in [7, 11) is -1.76. The molecule has 1 aliphatic carbocycles. The number of aryl methyl sites for hydroxylation is 2. The number of ether oxygens (including phenoxy) is 1. The first kappa shape index (κ1) is 17.3. The van der Waals surface area contributed by atoms with Gasteiger partial charge < -0.3 is 4.74 Å². The van der Waals surface area contributed by atoms with Gasteiger partial charge in [0.2, 0.25) is 10.0 Å². The van der Waals surface area contributed by atoms with Gasteiger partial charge in [0, 0.05) is 19.2 Å². The van der Waals surface area contributed by atoms with Gasteiger partial charge in [-0.1, -0.05) is 25.3 Å². The summed E-state index contributed by atoms with van der Waals surface area (Å²) in [5.74, 6) is 0.656. The average molecular weight is 325 g/mol. The molecule has 1 aliphatic rings. The van der Waals surface area contributed by atoms with Crippen LogP contribution in [0.5, 0.6) is 5.75 Å². The molecule has 5 heteroatoms. The van der Waals surface area contributed by atoms with E-state index in [0.717, 1.165) is 36.8 Å². The Balaban J connectivity index is 2.37. The molecule has 0 N–H and O–H groups in total. The predicted molar refractivity (Wildman–Crippen MR) is 88.9 cm³/mol. The van der Waals surface area contributed by atoms with Gasteiger partial charge in [0.05, 0.1) is 11.5 Å². The van der Waals surface area contributed by atoms with Crippen molar-refractivity contribution in [2.45, 2.75) is 63.8 Å². The zero-order valence-corrected chi connectivity index (χ0v) is 14.9. The van der Waals surface area contributed by atoms with Crippen LogP contribution >= 0.6 is 0 Å². The molecule has 0 radical (unpaired) electrons. The van der Waals surface area contributed by atoms with E-state index in [1.807, 2.05) is 26.8 Å². The minimum atomic E-state index is -3.47. The highest BCUT2D eigenvalue weighted by Gasteiger charge is 2.30. The van der Waals surface area contributed by atoms with E-state index >= 15 is 0 Å². The van der Waals surface area contributed by atoms with Crippen molar-refractivity contribution in [1.82, 2.24) is 4.31 Å². The van der Waals surface area contributed by atoms with E-state index in [-0.39, 0.29) is 6.04 Å². The zero-order valence-electron chi connectivity index (χ0n) is 14.1. The van der Waals surface area contributed by atoms with E-state index in [1.54, 1.807) is 17.4 Å². The molecule has 1 saturated carbocycles. The number of hydrogen-bond acceptors (Lipinski definition) is 3. The highest BCUT2D eigenvalue weighted by atomic mass is 32.2. The first-order valence-corrected chi connectivity index (χ1v) is 9.54. The molecule has 1 aromatic rings. The molecule has 2 rings (SSSR count). The van der Waals surface area contributed by atoms with Crippen molar-refractivity contribution in [1.29, 1.82) is 0 Å².